The van der Waals surface area contributed by atoms with E-state index in [1.54, 1.807) is 0 Å². The van der Waals surface area contributed by atoms with Gasteiger partial charge in [0.25, 0.3) is 0 Å². The summed E-state index contributed by atoms with van der Waals surface area (Å²) in [6.45, 7) is 4.33. The second kappa shape index (κ2) is 13.2. The Morgan fingerprint density at radius 2 is 0.969 bits per heavy atom. The third kappa shape index (κ3) is 7.80. The van der Waals surface area contributed by atoms with Crippen molar-refractivity contribution in [2.45, 2.75) is 65.2 Å². The van der Waals surface area contributed by atoms with Crippen LogP contribution in [0.15, 0.2) is 72.8 Å². The molecule has 0 spiro atoms. The van der Waals surface area contributed by atoms with E-state index in [0.717, 1.165) is 23.1 Å². The summed E-state index contributed by atoms with van der Waals surface area (Å²) in [6.07, 6.45) is 10.2. The fourth-order valence-electron chi connectivity index (χ4n) is 3.69. The van der Waals surface area contributed by atoms with Gasteiger partial charge < -0.3 is 0 Å². The van der Waals surface area contributed by atoms with Crippen molar-refractivity contribution in [3.8, 4) is 34.8 Å². The van der Waals surface area contributed by atoms with E-state index in [0.29, 0.717) is 0 Å². The maximum atomic E-state index is 3.27. The molecule has 0 bridgehead atoms. The molecule has 3 aromatic rings. The van der Waals surface area contributed by atoms with Crippen molar-refractivity contribution in [1.82, 2.24) is 0 Å². The molecule has 0 heteroatoms. The van der Waals surface area contributed by atoms with Crippen LogP contribution in [-0.4, -0.2) is 0 Å². The molecule has 0 heterocycles. The van der Waals surface area contributed by atoms with Gasteiger partial charge in [-0.15, -0.1) is 0 Å². The van der Waals surface area contributed by atoms with E-state index < -0.39 is 0 Å². The molecule has 32 heavy (non-hydrogen) atoms. The van der Waals surface area contributed by atoms with Crippen molar-refractivity contribution in [1.29, 1.82) is 0 Å². The van der Waals surface area contributed by atoms with Crippen molar-refractivity contribution in [2.24, 2.45) is 0 Å². The Morgan fingerprint density at radius 1 is 0.500 bits per heavy atom. The first-order valence-electron chi connectivity index (χ1n) is 12.1. The van der Waals surface area contributed by atoms with Crippen LogP contribution in [0.4, 0.5) is 0 Å². The second-order valence-electron chi connectivity index (χ2n) is 8.27. The van der Waals surface area contributed by atoms with Gasteiger partial charge in [-0.25, -0.2) is 0 Å². The van der Waals surface area contributed by atoms with Gasteiger partial charge in [-0.05, 0) is 65.9 Å². The Bertz CT molecular complexity index is 1060. The Labute approximate surface area is 195 Å². The van der Waals surface area contributed by atoms with Crippen LogP contribution in [0.1, 0.15) is 81.0 Å². The van der Waals surface area contributed by atoms with E-state index in [4.69, 9.17) is 0 Å². The Morgan fingerprint density at radius 3 is 1.53 bits per heavy atom. The predicted molar refractivity (Wildman–Crippen MR) is 139 cm³/mol. The first-order chi connectivity index (χ1) is 15.8. The molecule has 0 fully saturated rings. The van der Waals surface area contributed by atoms with E-state index in [2.05, 4.69) is 86.1 Å². The van der Waals surface area contributed by atoms with Crippen LogP contribution < -0.4 is 0 Å². The van der Waals surface area contributed by atoms with Crippen LogP contribution in [0, 0.1) is 23.7 Å². The highest BCUT2D eigenvalue weighted by molar-refractivity contribution is 5.64. The summed E-state index contributed by atoms with van der Waals surface area (Å²) in [5.41, 5.74) is 7.03. The molecule has 162 valence electrons. The highest BCUT2D eigenvalue weighted by atomic mass is 14.0. The fourth-order valence-corrected chi connectivity index (χ4v) is 3.69. The lowest BCUT2D eigenvalue weighted by atomic mass is 10.00. The van der Waals surface area contributed by atoms with E-state index >= 15 is 0 Å². The zero-order valence-corrected chi connectivity index (χ0v) is 19.6. The van der Waals surface area contributed by atoms with Crippen LogP contribution in [0.2, 0.25) is 0 Å². The molecule has 0 N–H and O–H groups in total. The normalized spacial score (nSPS) is 10.1. The molecule has 0 unspecified atom stereocenters. The van der Waals surface area contributed by atoms with Gasteiger partial charge in [0, 0.05) is 23.1 Å². The first kappa shape index (κ1) is 23.4. The lowest BCUT2D eigenvalue weighted by Crippen LogP contribution is -1.87. The smallest absolute Gasteiger partial charge is 0.0249 e. The van der Waals surface area contributed by atoms with Gasteiger partial charge in [0.05, 0.1) is 0 Å². The second-order valence-corrected chi connectivity index (χ2v) is 8.27. The quantitative estimate of drug-likeness (QED) is 0.254. The minimum Gasteiger partial charge on any atom is -0.0982 e. The molecule has 0 saturated heterocycles. The van der Waals surface area contributed by atoms with Gasteiger partial charge in [-0.2, -0.15) is 0 Å². The van der Waals surface area contributed by atoms with Crippen LogP contribution in [0.25, 0.3) is 11.1 Å². The fraction of sp³-hybridized carbons (Fsp3) is 0.312. The molecular formula is C32H34. The molecule has 0 aliphatic heterocycles. The summed E-state index contributed by atoms with van der Waals surface area (Å²) in [5.74, 6) is 12.8. The van der Waals surface area contributed by atoms with Crippen molar-refractivity contribution < 1.29 is 0 Å². The average Bonchev–Trinajstić information content (AvgIpc) is 2.85. The predicted octanol–water partition coefficient (Wildman–Crippen LogP) is 8.42. The van der Waals surface area contributed by atoms with Crippen molar-refractivity contribution in [3.05, 3.63) is 95.1 Å². The molecule has 0 saturated carbocycles. The van der Waals surface area contributed by atoms with Gasteiger partial charge in [0.1, 0.15) is 0 Å². The maximum Gasteiger partial charge on any atom is 0.0249 e. The minimum atomic E-state index is 0.876. The molecule has 0 aromatic heterocycles. The van der Waals surface area contributed by atoms with Crippen LogP contribution in [0.5, 0.6) is 0 Å². The molecule has 3 rings (SSSR count). The lowest BCUT2D eigenvalue weighted by molar-refractivity contribution is 0.607. The molecular weight excluding hydrogens is 384 g/mol. The van der Waals surface area contributed by atoms with Crippen LogP contribution in [0.3, 0.4) is 0 Å². The Hall–Kier alpha value is -3.22. The third-order valence-electron chi connectivity index (χ3n) is 5.64. The lowest BCUT2D eigenvalue weighted by Gasteiger charge is -2.05. The molecule has 0 radical (unpaired) electrons. The highest BCUT2D eigenvalue weighted by Gasteiger charge is 1.99. The summed E-state index contributed by atoms with van der Waals surface area (Å²) >= 11 is 0. The molecule has 0 aliphatic rings. The molecule has 0 nitrogen and oxygen atoms in total. The largest absolute Gasteiger partial charge is 0.0982 e. The topological polar surface area (TPSA) is 0 Å². The summed E-state index contributed by atoms with van der Waals surface area (Å²) in [4.78, 5) is 0. The van der Waals surface area contributed by atoms with Gasteiger partial charge in [0.15, 0.2) is 0 Å². The Balaban J connectivity index is 1.54. The average molecular weight is 419 g/mol. The highest BCUT2D eigenvalue weighted by Crippen LogP contribution is 2.21. The third-order valence-corrected chi connectivity index (χ3v) is 5.64. The summed E-state index contributed by atoms with van der Waals surface area (Å²) in [7, 11) is 0. The van der Waals surface area contributed by atoms with Gasteiger partial charge in [0.2, 0.25) is 0 Å². The monoisotopic (exact) mass is 418 g/mol. The van der Waals surface area contributed by atoms with Gasteiger partial charge >= 0.3 is 0 Å². The Kier molecular flexibility index (Phi) is 9.71. The molecule has 3 aromatic carbocycles. The van der Waals surface area contributed by atoms with E-state index in [-0.39, 0.29) is 0 Å². The standard InChI is InChI=1S/C32H34/c1-3-5-7-8-9-10-12-28-19-23-31(24-20-28)32-25-21-30(22-26-32)18-17-29-15-13-27(14-16-29)11-6-4-2/h13-16,19-26H,3-5,7-10,12H2,1-2H3. The molecule has 0 atom stereocenters. The number of rotatable bonds is 8. The molecule has 0 aliphatic carbocycles. The number of aryl methyl sites for hydroxylation is 1. The number of hydrogen-bond acceptors (Lipinski definition) is 0. The van der Waals surface area contributed by atoms with E-state index in [9.17, 15) is 0 Å². The maximum absolute atomic E-state index is 3.27. The SMILES string of the molecule is CCC#Cc1ccc(C#Cc2ccc(-c3ccc(CCCCCCCC)cc3)cc2)cc1. The minimum absolute atomic E-state index is 0.876. The summed E-state index contributed by atoms with van der Waals surface area (Å²) in [5, 5.41) is 0. The van der Waals surface area contributed by atoms with Crippen molar-refractivity contribution in [3.63, 3.8) is 0 Å². The van der Waals surface area contributed by atoms with E-state index in [1.165, 1.54) is 61.6 Å². The number of benzene rings is 3. The zero-order chi connectivity index (χ0) is 22.4. The summed E-state index contributed by atoms with van der Waals surface area (Å²) in [6, 6.07) is 25.7. The van der Waals surface area contributed by atoms with Crippen molar-refractivity contribution >= 4 is 0 Å². The zero-order valence-electron chi connectivity index (χ0n) is 19.6. The van der Waals surface area contributed by atoms with E-state index in [1.807, 2.05) is 24.3 Å². The number of hydrogen-bond donors (Lipinski definition) is 0. The molecule has 0 amide bonds. The van der Waals surface area contributed by atoms with Gasteiger partial charge in [-0.3, -0.25) is 0 Å². The van der Waals surface area contributed by atoms with Crippen LogP contribution >= 0.6 is 0 Å². The first-order valence-corrected chi connectivity index (χ1v) is 12.1. The summed E-state index contributed by atoms with van der Waals surface area (Å²) < 4.78 is 0. The van der Waals surface area contributed by atoms with Gasteiger partial charge in [-0.1, -0.05) is 106 Å². The number of unbranched alkanes of at least 4 members (excludes halogenated alkanes) is 5. The van der Waals surface area contributed by atoms with Crippen LogP contribution in [-0.2, 0) is 6.42 Å². The van der Waals surface area contributed by atoms with Crippen molar-refractivity contribution in [2.75, 3.05) is 0 Å².